The van der Waals surface area contributed by atoms with Crippen molar-refractivity contribution in [3.8, 4) is 0 Å². The third-order valence-electron chi connectivity index (χ3n) is 5.14. The number of piperidine rings is 1. The van der Waals surface area contributed by atoms with E-state index in [-0.39, 0.29) is 11.8 Å². The molecule has 6 nitrogen and oxygen atoms in total. The molecule has 8 heteroatoms. The molecule has 1 aromatic heterocycles. The number of carbonyl (C=O) groups excluding carboxylic acids is 2. The van der Waals surface area contributed by atoms with E-state index in [0.29, 0.717) is 38.1 Å². The van der Waals surface area contributed by atoms with Crippen molar-refractivity contribution >= 4 is 33.4 Å². The summed E-state index contributed by atoms with van der Waals surface area (Å²) >= 11 is 0. The SMILES string of the molecule is CC1CCCC(C)N1CC(=O)NCCC(=O)NCCSSCCc1ccccn1. The predicted octanol–water partition coefficient (Wildman–Crippen LogP) is 2.89. The summed E-state index contributed by atoms with van der Waals surface area (Å²) in [6, 6.07) is 6.87. The smallest absolute Gasteiger partial charge is 0.234 e. The third kappa shape index (κ3) is 9.87. The molecule has 162 valence electrons. The fourth-order valence-corrected chi connectivity index (χ4v) is 5.37. The molecule has 2 N–H and O–H groups in total. The summed E-state index contributed by atoms with van der Waals surface area (Å²) in [5.41, 5.74) is 1.11. The summed E-state index contributed by atoms with van der Waals surface area (Å²) in [7, 11) is 3.56. The molecule has 0 saturated carbocycles. The van der Waals surface area contributed by atoms with Gasteiger partial charge in [0.1, 0.15) is 0 Å². The van der Waals surface area contributed by atoms with E-state index in [1.54, 1.807) is 21.6 Å². The zero-order valence-corrected chi connectivity index (χ0v) is 19.2. The van der Waals surface area contributed by atoms with Crippen molar-refractivity contribution in [3.63, 3.8) is 0 Å². The summed E-state index contributed by atoms with van der Waals surface area (Å²) in [6.07, 6.45) is 6.65. The van der Waals surface area contributed by atoms with Crippen LogP contribution in [0.2, 0.25) is 0 Å². The lowest BCUT2D eigenvalue weighted by atomic mass is 9.97. The van der Waals surface area contributed by atoms with Crippen LogP contribution in [0.5, 0.6) is 0 Å². The molecule has 2 heterocycles. The van der Waals surface area contributed by atoms with Crippen molar-refractivity contribution in [1.82, 2.24) is 20.5 Å². The maximum absolute atomic E-state index is 12.2. The number of nitrogens with one attached hydrogen (secondary N) is 2. The van der Waals surface area contributed by atoms with E-state index in [1.807, 2.05) is 24.4 Å². The molecule has 2 unspecified atom stereocenters. The Labute approximate surface area is 182 Å². The van der Waals surface area contributed by atoms with Gasteiger partial charge in [-0.25, -0.2) is 0 Å². The van der Waals surface area contributed by atoms with Crippen LogP contribution in [0, 0.1) is 0 Å². The maximum atomic E-state index is 12.2. The summed E-state index contributed by atoms with van der Waals surface area (Å²) < 4.78 is 0. The average molecular weight is 439 g/mol. The molecule has 29 heavy (non-hydrogen) atoms. The van der Waals surface area contributed by atoms with Crippen molar-refractivity contribution < 1.29 is 9.59 Å². The Bertz CT molecular complexity index is 608. The highest BCUT2D eigenvalue weighted by molar-refractivity contribution is 8.76. The molecule has 0 aromatic carbocycles. The van der Waals surface area contributed by atoms with E-state index < -0.39 is 0 Å². The highest BCUT2D eigenvalue weighted by atomic mass is 33.1. The first kappa shape index (κ1) is 24.0. The van der Waals surface area contributed by atoms with Gasteiger partial charge in [0.15, 0.2) is 0 Å². The number of carbonyl (C=O) groups is 2. The second-order valence-corrected chi connectivity index (χ2v) is 10.2. The van der Waals surface area contributed by atoms with Crippen LogP contribution in [0.1, 0.15) is 45.2 Å². The van der Waals surface area contributed by atoms with Gasteiger partial charge >= 0.3 is 0 Å². The number of aryl methyl sites for hydroxylation is 1. The second-order valence-electron chi connectivity index (χ2n) is 7.47. The average Bonchev–Trinajstić information content (AvgIpc) is 2.71. The van der Waals surface area contributed by atoms with Gasteiger partial charge in [0.25, 0.3) is 0 Å². The highest BCUT2D eigenvalue weighted by Crippen LogP contribution is 2.22. The van der Waals surface area contributed by atoms with E-state index in [1.165, 1.54) is 6.42 Å². The quantitative estimate of drug-likeness (QED) is 0.386. The molecule has 2 rings (SSSR count). The van der Waals surface area contributed by atoms with Crippen LogP contribution in [-0.4, -0.2) is 64.9 Å². The van der Waals surface area contributed by atoms with Crippen LogP contribution in [0.15, 0.2) is 24.4 Å². The van der Waals surface area contributed by atoms with Crippen molar-refractivity contribution in [2.24, 2.45) is 0 Å². The molecule has 1 aliphatic rings. The Balaban J connectivity index is 1.44. The van der Waals surface area contributed by atoms with Crippen molar-refractivity contribution in [2.45, 2.75) is 58.0 Å². The Morgan fingerprint density at radius 1 is 1.07 bits per heavy atom. The van der Waals surface area contributed by atoms with Crippen LogP contribution in [-0.2, 0) is 16.0 Å². The maximum Gasteiger partial charge on any atom is 0.234 e. The highest BCUT2D eigenvalue weighted by Gasteiger charge is 2.26. The van der Waals surface area contributed by atoms with Crippen molar-refractivity contribution in [2.75, 3.05) is 31.1 Å². The molecule has 1 aliphatic heterocycles. The van der Waals surface area contributed by atoms with Gasteiger partial charge in [-0.05, 0) is 45.2 Å². The number of hydrogen-bond acceptors (Lipinski definition) is 6. The minimum atomic E-state index is -0.0101. The van der Waals surface area contributed by atoms with Gasteiger partial charge in [-0.2, -0.15) is 0 Å². The fourth-order valence-electron chi connectivity index (χ4n) is 3.45. The first-order valence-electron chi connectivity index (χ1n) is 10.5. The number of hydrogen-bond donors (Lipinski definition) is 2. The predicted molar refractivity (Wildman–Crippen MR) is 123 cm³/mol. The van der Waals surface area contributed by atoms with Crippen LogP contribution >= 0.6 is 21.6 Å². The van der Waals surface area contributed by atoms with E-state index in [0.717, 1.165) is 36.5 Å². The lowest BCUT2D eigenvalue weighted by Gasteiger charge is -2.38. The van der Waals surface area contributed by atoms with Crippen LogP contribution in [0.3, 0.4) is 0 Å². The summed E-state index contributed by atoms with van der Waals surface area (Å²) in [5.74, 6) is 1.88. The Morgan fingerprint density at radius 2 is 1.79 bits per heavy atom. The Kier molecular flexibility index (Phi) is 11.5. The van der Waals surface area contributed by atoms with Gasteiger partial charge in [-0.1, -0.05) is 34.1 Å². The normalized spacial score (nSPS) is 19.7. The molecule has 1 saturated heterocycles. The zero-order chi connectivity index (χ0) is 20.9. The van der Waals surface area contributed by atoms with Gasteiger partial charge < -0.3 is 10.6 Å². The van der Waals surface area contributed by atoms with Crippen molar-refractivity contribution in [3.05, 3.63) is 30.1 Å². The molecule has 1 aromatic rings. The van der Waals surface area contributed by atoms with E-state index in [9.17, 15) is 9.59 Å². The molecule has 0 aliphatic carbocycles. The minimum Gasteiger partial charge on any atom is -0.355 e. The Hall–Kier alpha value is -1.25. The fraction of sp³-hybridized carbons (Fsp3) is 0.667. The van der Waals surface area contributed by atoms with Crippen LogP contribution < -0.4 is 10.6 Å². The Morgan fingerprint density at radius 3 is 2.52 bits per heavy atom. The molecule has 0 bridgehead atoms. The summed E-state index contributed by atoms with van der Waals surface area (Å²) in [4.78, 5) is 30.6. The molecule has 2 atom stereocenters. The first-order chi connectivity index (χ1) is 14.1. The molecule has 0 radical (unpaired) electrons. The lowest BCUT2D eigenvalue weighted by Crippen LogP contribution is -2.49. The van der Waals surface area contributed by atoms with Gasteiger partial charge in [0.2, 0.25) is 11.8 Å². The standard InChI is InChI=1S/C21H34N4O2S2/c1-17-6-5-7-18(2)25(17)16-21(27)23-12-9-20(26)24-13-15-29-28-14-10-19-8-3-4-11-22-19/h3-4,8,11,17-18H,5-7,9-10,12-16H2,1-2H3,(H,23,27)(H,24,26). The zero-order valence-electron chi connectivity index (χ0n) is 17.6. The number of nitrogens with zero attached hydrogens (tertiary/aromatic N) is 2. The summed E-state index contributed by atoms with van der Waals surface area (Å²) in [6.45, 7) is 5.84. The van der Waals surface area contributed by atoms with Gasteiger partial charge in [0, 0.05) is 55.0 Å². The summed E-state index contributed by atoms with van der Waals surface area (Å²) in [5, 5.41) is 5.79. The molecule has 0 spiro atoms. The van der Waals surface area contributed by atoms with E-state index in [4.69, 9.17) is 0 Å². The number of pyridine rings is 1. The van der Waals surface area contributed by atoms with Gasteiger partial charge in [0.05, 0.1) is 6.54 Å². The first-order valence-corrected chi connectivity index (χ1v) is 13.0. The topological polar surface area (TPSA) is 74.3 Å². The van der Waals surface area contributed by atoms with E-state index >= 15 is 0 Å². The number of likely N-dealkylation sites (tertiary alicyclic amines) is 1. The van der Waals surface area contributed by atoms with Gasteiger partial charge in [-0.15, -0.1) is 0 Å². The number of amides is 2. The number of aromatic nitrogens is 1. The monoisotopic (exact) mass is 438 g/mol. The molecular formula is C21H34N4O2S2. The third-order valence-corrected chi connectivity index (χ3v) is 7.54. The van der Waals surface area contributed by atoms with E-state index in [2.05, 4.69) is 34.4 Å². The van der Waals surface area contributed by atoms with Crippen LogP contribution in [0.25, 0.3) is 0 Å². The molecule has 1 fully saturated rings. The van der Waals surface area contributed by atoms with Crippen LogP contribution in [0.4, 0.5) is 0 Å². The lowest BCUT2D eigenvalue weighted by molar-refractivity contribution is -0.124. The molecule has 2 amide bonds. The molecular weight excluding hydrogens is 404 g/mol. The van der Waals surface area contributed by atoms with Crippen molar-refractivity contribution in [1.29, 1.82) is 0 Å². The largest absolute Gasteiger partial charge is 0.355 e. The number of rotatable bonds is 12. The minimum absolute atomic E-state index is 0.0101. The second kappa shape index (κ2) is 13.9. The van der Waals surface area contributed by atoms with Gasteiger partial charge in [-0.3, -0.25) is 19.5 Å².